The van der Waals surface area contributed by atoms with Crippen molar-refractivity contribution in [2.75, 3.05) is 23.8 Å². The van der Waals surface area contributed by atoms with Gasteiger partial charge in [0.1, 0.15) is 0 Å². The number of hydrogen-bond donors (Lipinski definition) is 1. The van der Waals surface area contributed by atoms with Crippen molar-refractivity contribution in [3.63, 3.8) is 0 Å². The SMILES string of the molecule is Brc1csc(CNCC2CSCCS2)c1. The van der Waals surface area contributed by atoms with Crippen molar-refractivity contribution in [3.05, 3.63) is 20.8 Å². The molecule has 0 aromatic carbocycles. The Hall–Kier alpha value is 0.840. The molecular weight excluding hydrogens is 310 g/mol. The summed E-state index contributed by atoms with van der Waals surface area (Å²) in [5, 5.41) is 6.49. The van der Waals surface area contributed by atoms with Gasteiger partial charge in [0.05, 0.1) is 0 Å². The molecule has 1 saturated heterocycles. The van der Waals surface area contributed by atoms with E-state index in [1.54, 1.807) is 0 Å². The maximum atomic E-state index is 3.54. The molecule has 1 aliphatic rings. The highest BCUT2D eigenvalue weighted by molar-refractivity contribution is 9.10. The molecule has 2 rings (SSSR count). The van der Waals surface area contributed by atoms with E-state index in [1.807, 2.05) is 11.3 Å². The van der Waals surface area contributed by atoms with Crippen molar-refractivity contribution in [2.45, 2.75) is 11.8 Å². The van der Waals surface area contributed by atoms with Crippen LogP contribution in [0.1, 0.15) is 4.88 Å². The van der Waals surface area contributed by atoms with Crippen LogP contribution in [0.4, 0.5) is 0 Å². The van der Waals surface area contributed by atoms with E-state index in [0.717, 1.165) is 18.3 Å². The molecule has 0 spiro atoms. The van der Waals surface area contributed by atoms with Gasteiger partial charge < -0.3 is 5.32 Å². The lowest BCUT2D eigenvalue weighted by molar-refractivity contribution is 0.693. The highest BCUT2D eigenvalue weighted by Crippen LogP contribution is 2.23. The van der Waals surface area contributed by atoms with Crippen LogP contribution in [0.2, 0.25) is 0 Å². The van der Waals surface area contributed by atoms with Crippen LogP contribution in [0, 0.1) is 0 Å². The quantitative estimate of drug-likeness (QED) is 0.911. The average molecular weight is 324 g/mol. The van der Waals surface area contributed by atoms with Gasteiger partial charge in [0.25, 0.3) is 0 Å². The summed E-state index contributed by atoms with van der Waals surface area (Å²) in [5.74, 6) is 3.96. The molecule has 1 aliphatic heterocycles. The molecule has 1 fully saturated rings. The molecule has 0 saturated carbocycles. The molecule has 1 aromatic heterocycles. The van der Waals surface area contributed by atoms with E-state index < -0.39 is 0 Å². The van der Waals surface area contributed by atoms with E-state index in [-0.39, 0.29) is 0 Å². The first-order chi connectivity index (χ1) is 7.34. The molecule has 1 atom stereocenters. The summed E-state index contributed by atoms with van der Waals surface area (Å²) in [5.41, 5.74) is 0. The normalized spacial score (nSPS) is 21.8. The topological polar surface area (TPSA) is 12.0 Å². The Labute approximate surface area is 112 Å². The van der Waals surface area contributed by atoms with E-state index in [4.69, 9.17) is 0 Å². The molecule has 0 aliphatic carbocycles. The minimum Gasteiger partial charge on any atom is -0.311 e. The monoisotopic (exact) mass is 323 g/mol. The number of halogens is 1. The number of rotatable bonds is 4. The van der Waals surface area contributed by atoms with Gasteiger partial charge in [-0.05, 0) is 22.0 Å². The Morgan fingerprint density at radius 3 is 3.07 bits per heavy atom. The fraction of sp³-hybridized carbons (Fsp3) is 0.600. The summed E-state index contributed by atoms with van der Waals surface area (Å²) in [6, 6.07) is 2.19. The van der Waals surface area contributed by atoms with Gasteiger partial charge in [-0.1, -0.05) is 0 Å². The van der Waals surface area contributed by atoms with Crippen LogP contribution in [-0.2, 0) is 6.54 Å². The zero-order valence-corrected chi connectivity index (χ0v) is 12.4. The van der Waals surface area contributed by atoms with E-state index in [9.17, 15) is 0 Å². The molecule has 1 N–H and O–H groups in total. The van der Waals surface area contributed by atoms with Crippen molar-refractivity contribution >= 4 is 50.8 Å². The van der Waals surface area contributed by atoms with Crippen LogP contribution in [0.15, 0.2) is 15.9 Å². The smallest absolute Gasteiger partial charge is 0.0300 e. The van der Waals surface area contributed by atoms with Crippen LogP contribution in [0.3, 0.4) is 0 Å². The summed E-state index contributed by atoms with van der Waals surface area (Å²) < 4.78 is 1.20. The van der Waals surface area contributed by atoms with Crippen molar-refractivity contribution in [2.24, 2.45) is 0 Å². The first-order valence-corrected chi connectivity index (χ1v) is 8.85. The molecule has 0 amide bonds. The standard InChI is InChI=1S/C10H14BrNS3/c11-8-3-9(15-6-8)4-12-5-10-7-13-1-2-14-10/h3,6,10,12H,1-2,4-5,7H2. The van der Waals surface area contributed by atoms with Gasteiger partial charge >= 0.3 is 0 Å². The highest BCUT2D eigenvalue weighted by atomic mass is 79.9. The third kappa shape index (κ3) is 4.30. The molecule has 15 heavy (non-hydrogen) atoms. The Balaban J connectivity index is 1.65. The summed E-state index contributed by atoms with van der Waals surface area (Å²) in [7, 11) is 0. The van der Waals surface area contributed by atoms with E-state index in [1.165, 1.54) is 26.6 Å². The Bertz CT molecular complexity index is 297. The molecule has 1 aromatic rings. The van der Waals surface area contributed by atoms with E-state index in [2.05, 4.69) is 56.2 Å². The van der Waals surface area contributed by atoms with E-state index in [0.29, 0.717) is 0 Å². The lowest BCUT2D eigenvalue weighted by atomic mass is 10.4. The zero-order chi connectivity index (χ0) is 10.5. The Morgan fingerprint density at radius 1 is 1.47 bits per heavy atom. The number of hydrogen-bond acceptors (Lipinski definition) is 4. The van der Waals surface area contributed by atoms with Crippen LogP contribution in [-0.4, -0.2) is 29.1 Å². The third-order valence-corrected chi connectivity index (χ3v) is 6.72. The largest absolute Gasteiger partial charge is 0.311 e. The molecular formula is C10H14BrNS3. The van der Waals surface area contributed by atoms with Crippen molar-refractivity contribution < 1.29 is 0 Å². The van der Waals surface area contributed by atoms with Crippen LogP contribution in [0.5, 0.6) is 0 Å². The summed E-state index contributed by atoms with van der Waals surface area (Å²) in [6.45, 7) is 2.16. The number of thiophene rings is 1. The molecule has 0 radical (unpaired) electrons. The van der Waals surface area contributed by atoms with Gasteiger partial charge in [0.15, 0.2) is 0 Å². The molecule has 5 heteroatoms. The Kier molecular flexibility index (Phi) is 5.37. The molecule has 1 nitrogen and oxygen atoms in total. The van der Waals surface area contributed by atoms with Crippen LogP contribution >= 0.6 is 50.8 Å². The second-order valence-electron chi connectivity index (χ2n) is 3.43. The van der Waals surface area contributed by atoms with E-state index >= 15 is 0 Å². The van der Waals surface area contributed by atoms with Gasteiger partial charge in [-0.2, -0.15) is 23.5 Å². The maximum absolute atomic E-state index is 3.54. The average Bonchev–Trinajstić information content (AvgIpc) is 2.66. The fourth-order valence-electron chi connectivity index (χ4n) is 1.46. The lowest BCUT2D eigenvalue weighted by Crippen LogP contribution is -2.28. The Morgan fingerprint density at radius 2 is 2.40 bits per heavy atom. The lowest BCUT2D eigenvalue weighted by Gasteiger charge is -2.20. The zero-order valence-electron chi connectivity index (χ0n) is 8.37. The van der Waals surface area contributed by atoms with Gasteiger partial charge in [-0.15, -0.1) is 11.3 Å². The molecule has 84 valence electrons. The molecule has 2 heterocycles. The summed E-state index contributed by atoms with van der Waals surface area (Å²) >= 11 is 9.49. The predicted octanol–water partition coefficient (Wildman–Crippen LogP) is 3.45. The first-order valence-electron chi connectivity index (χ1n) is 4.97. The third-order valence-electron chi connectivity index (χ3n) is 2.18. The maximum Gasteiger partial charge on any atom is 0.0300 e. The second kappa shape index (κ2) is 6.55. The number of thioether (sulfide) groups is 2. The molecule has 1 unspecified atom stereocenters. The molecule has 0 bridgehead atoms. The van der Waals surface area contributed by atoms with Gasteiger partial charge in [-0.25, -0.2) is 0 Å². The fourth-order valence-corrected chi connectivity index (χ4v) is 5.52. The van der Waals surface area contributed by atoms with Crippen molar-refractivity contribution in [1.82, 2.24) is 5.32 Å². The predicted molar refractivity (Wildman–Crippen MR) is 77.3 cm³/mol. The second-order valence-corrected chi connectivity index (χ2v) is 7.90. The summed E-state index contributed by atoms with van der Waals surface area (Å²) in [6.07, 6.45) is 0. The first kappa shape index (κ1) is 12.3. The minimum absolute atomic E-state index is 0.812. The van der Waals surface area contributed by atoms with Crippen LogP contribution in [0.25, 0.3) is 0 Å². The van der Waals surface area contributed by atoms with Crippen molar-refractivity contribution in [3.8, 4) is 0 Å². The summed E-state index contributed by atoms with van der Waals surface area (Å²) in [4.78, 5) is 1.41. The highest BCUT2D eigenvalue weighted by Gasteiger charge is 2.13. The number of nitrogens with one attached hydrogen (secondary N) is 1. The van der Waals surface area contributed by atoms with Gasteiger partial charge in [0, 0.05) is 50.3 Å². The van der Waals surface area contributed by atoms with Gasteiger partial charge in [0.2, 0.25) is 0 Å². The van der Waals surface area contributed by atoms with Crippen molar-refractivity contribution in [1.29, 1.82) is 0 Å². The van der Waals surface area contributed by atoms with Gasteiger partial charge in [-0.3, -0.25) is 0 Å². The minimum atomic E-state index is 0.812. The van der Waals surface area contributed by atoms with Crippen LogP contribution < -0.4 is 5.32 Å².